The van der Waals surface area contributed by atoms with Gasteiger partial charge in [0, 0.05) is 24.5 Å². The number of pyridine rings is 2. The van der Waals surface area contributed by atoms with E-state index in [9.17, 15) is 4.39 Å². The number of hydrogen-bond acceptors (Lipinski definition) is 2. The van der Waals surface area contributed by atoms with Crippen LogP contribution in [-0.4, -0.2) is 9.97 Å². The lowest BCUT2D eigenvalue weighted by Gasteiger charge is -2.02. The van der Waals surface area contributed by atoms with Crippen LogP contribution in [0.3, 0.4) is 0 Å². The number of hydrogen-bond donors (Lipinski definition) is 0. The number of halogens is 1. The summed E-state index contributed by atoms with van der Waals surface area (Å²) in [6.45, 7) is 1.91. The minimum absolute atomic E-state index is 0.257. The second kappa shape index (κ2) is 4.17. The van der Waals surface area contributed by atoms with E-state index in [0.29, 0.717) is 12.1 Å². The minimum Gasteiger partial charge on any atom is -0.262 e. The topological polar surface area (TPSA) is 25.8 Å². The quantitative estimate of drug-likeness (QED) is 0.747. The van der Waals surface area contributed by atoms with Crippen LogP contribution in [0.15, 0.2) is 36.7 Å². The Hall–Kier alpha value is -1.77. The summed E-state index contributed by atoms with van der Waals surface area (Å²) >= 11 is 0. The number of rotatable bonds is 2. The molecule has 2 rings (SSSR count). The van der Waals surface area contributed by atoms with Crippen molar-refractivity contribution in [3.05, 3.63) is 59.4 Å². The molecular weight excluding hydrogens is 191 g/mol. The zero-order valence-electron chi connectivity index (χ0n) is 8.44. The summed E-state index contributed by atoms with van der Waals surface area (Å²) in [6, 6.07) is 6.84. The smallest absolute Gasteiger partial charge is 0.145 e. The summed E-state index contributed by atoms with van der Waals surface area (Å²) in [7, 11) is 0. The fraction of sp³-hybridized carbons (Fsp3) is 0.167. The Balaban J connectivity index is 2.26. The van der Waals surface area contributed by atoms with E-state index in [4.69, 9.17) is 0 Å². The van der Waals surface area contributed by atoms with Gasteiger partial charge in [0.05, 0.1) is 5.69 Å². The fourth-order valence-corrected chi connectivity index (χ4v) is 1.46. The van der Waals surface area contributed by atoms with Gasteiger partial charge in [0.15, 0.2) is 0 Å². The van der Waals surface area contributed by atoms with E-state index in [0.717, 1.165) is 11.3 Å². The van der Waals surface area contributed by atoms with Crippen LogP contribution in [0.1, 0.15) is 17.0 Å². The van der Waals surface area contributed by atoms with Gasteiger partial charge in [-0.3, -0.25) is 9.97 Å². The predicted molar refractivity (Wildman–Crippen MR) is 56.0 cm³/mol. The average Bonchev–Trinajstić information content (AvgIpc) is 2.22. The summed E-state index contributed by atoms with van der Waals surface area (Å²) in [6.07, 6.45) is 3.84. The zero-order valence-corrected chi connectivity index (χ0v) is 8.44. The molecule has 0 aliphatic carbocycles. The minimum atomic E-state index is -0.257. The van der Waals surface area contributed by atoms with Gasteiger partial charge in [-0.25, -0.2) is 4.39 Å². The van der Waals surface area contributed by atoms with Gasteiger partial charge in [-0.05, 0) is 36.8 Å². The molecule has 0 radical (unpaired) electrons. The van der Waals surface area contributed by atoms with E-state index in [1.807, 2.05) is 19.1 Å². The molecule has 0 unspecified atom stereocenters. The zero-order chi connectivity index (χ0) is 10.7. The van der Waals surface area contributed by atoms with Crippen molar-refractivity contribution in [3.8, 4) is 0 Å². The van der Waals surface area contributed by atoms with Gasteiger partial charge in [0.2, 0.25) is 0 Å². The maximum atomic E-state index is 13.3. The molecule has 0 bridgehead atoms. The van der Waals surface area contributed by atoms with Gasteiger partial charge in [0.1, 0.15) is 5.82 Å². The second-order valence-corrected chi connectivity index (χ2v) is 3.41. The predicted octanol–water partition coefficient (Wildman–Crippen LogP) is 2.51. The molecule has 0 spiro atoms. The average molecular weight is 202 g/mol. The fourth-order valence-electron chi connectivity index (χ4n) is 1.46. The highest BCUT2D eigenvalue weighted by atomic mass is 19.1. The third-order valence-corrected chi connectivity index (χ3v) is 2.17. The van der Waals surface area contributed by atoms with Crippen molar-refractivity contribution in [1.82, 2.24) is 9.97 Å². The van der Waals surface area contributed by atoms with Crippen LogP contribution in [0, 0.1) is 12.7 Å². The third kappa shape index (κ3) is 2.37. The van der Waals surface area contributed by atoms with E-state index >= 15 is 0 Å². The molecule has 76 valence electrons. The molecule has 2 nitrogen and oxygen atoms in total. The Labute approximate surface area is 87.8 Å². The van der Waals surface area contributed by atoms with E-state index < -0.39 is 0 Å². The highest BCUT2D eigenvalue weighted by Gasteiger charge is 2.03. The highest BCUT2D eigenvalue weighted by molar-refractivity contribution is 5.22. The van der Waals surface area contributed by atoms with Crippen molar-refractivity contribution in [2.75, 3.05) is 0 Å². The van der Waals surface area contributed by atoms with Crippen LogP contribution in [0.4, 0.5) is 4.39 Å². The highest BCUT2D eigenvalue weighted by Crippen LogP contribution is 2.10. The molecule has 2 aromatic heterocycles. The molecule has 0 fully saturated rings. The molecule has 0 aromatic carbocycles. The van der Waals surface area contributed by atoms with Crippen molar-refractivity contribution >= 4 is 0 Å². The third-order valence-electron chi connectivity index (χ3n) is 2.17. The van der Waals surface area contributed by atoms with Gasteiger partial charge in [-0.15, -0.1) is 0 Å². The van der Waals surface area contributed by atoms with E-state index in [2.05, 4.69) is 9.97 Å². The Morgan fingerprint density at radius 3 is 2.80 bits per heavy atom. The standard InChI is InChI=1S/C12H11FN2/c1-9-7-10(4-6-14-9)8-12-11(13)3-2-5-15-12/h2-7H,8H2,1H3. The molecule has 15 heavy (non-hydrogen) atoms. The van der Waals surface area contributed by atoms with Crippen molar-refractivity contribution in [3.63, 3.8) is 0 Å². The first kappa shape index (κ1) is 9.77. The molecule has 3 heteroatoms. The lowest BCUT2D eigenvalue weighted by Crippen LogP contribution is -1.96. The number of aryl methyl sites for hydroxylation is 1. The second-order valence-electron chi connectivity index (χ2n) is 3.41. The normalized spacial score (nSPS) is 10.3. The maximum absolute atomic E-state index is 13.3. The van der Waals surface area contributed by atoms with E-state index in [1.54, 1.807) is 18.5 Å². The molecule has 0 amide bonds. The lowest BCUT2D eigenvalue weighted by atomic mass is 10.1. The van der Waals surface area contributed by atoms with Crippen molar-refractivity contribution in [2.45, 2.75) is 13.3 Å². The first-order valence-electron chi connectivity index (χ1n) is 4.76. The summed E-state index contributed by atoms with van der Waals surface area (Å²) < 4.78 is 13.3. The van der Waals surface area contributed by atoms with Crippen molar-refractivity contribution in [1.29, 1.82) is 0 Å². The Kier molecular flexibility index (Phi) is 2.72. The lowest BCUT2D eigenvalue weighted by molar-refractivity contribution is 0.604. The molecule has 0 aliphatic rings. The first-order chi connectivity index (χ1) is 7.25. The van der Waals surface area contributed by atoms with Gasteiger partial charge in [0.25, 0.3) is 0 Å². The van der Waals surface area contributed by atoms with Crippen LogP contribution in [0.5, 0.6) is 0 Å². The van der Waals surface area contributed by atoms with Crippen molar-refractivity contribution in [2.24, 2.45) is 0 Å². The summed E-state index contributed by atoms with van der Waals surface area (Å²) in [5.74, 6) is -0.257. The van der Waals surface area contributed by atoms with Gasteiger partial charge in [-0.2, -0.15) is 0 Å². The van der Waals surface area contributed by atoms with Gasteiger partial charge >= 0.3 is 0 Å². The molecule has 2 heterocycles. The number of aromatic nitrogens is 2. The Bertz CT molecular complexity index is 469. The van der Waals surface area contributed by atoms with E-state index in [1.165, 1.54) is 6.07 Å². The summed E-state index contributed by atoms with van der Waals surface area (Å²) in [5, 5.41) is 0. The molecule has 0 N–H and O–H groups in total. The molecule has 0 aliphatic heterocycles. The molecule has 0 saturated carbocycles. The molecular formula is C12H11FN2. The van der Waals surface area contributed by atoms with Crippen LogP contribution in [0.2, 0.25) is 0 Å². The Morgan fingerprint density at radius 1 is 1.20 bits per heavy atom. The number of nitrogens with zero attached hydrogens (tertiary/aromatic N) is 2. The summed E-state index contributed by atoms with van der Waals surface area (Å²) in [4.78, 5) is 8.10. The molecule has 2 aromatic rings. The van der Waals surface area contributed by atoms with E-state index in [-0.39, 0.29) is 5.82 Å². The largest absolute Gasteiger partial charge is 0.262 e. The van der Waals surface area contributed by atoms with Crippen LogP contribution in [0.25, 0.3) is 0 Å². The SMILES string of the molecule is Cc1cc(Cc2ncccc2F)ccn1. The molecule has 0 saturated heterocycles. The van der Waals surface area contributed by atoms with Gasteiger partial charge < -0.3 is 0 Å². The monoisotopic (exact) mass is 202 g/mol. The van der Waals surface area contributed by atoms with Crippen LogP contribution in [-0.2, 0) is 6.42 Å². The first-order valence-corrected chi connectivity index (χ1v) is 4.76. The Morgan fingerprint density at radius 2 is 2.07 bits per heavy atom. The van der Waals surface area contributed by atoms with Gasteiger partial charge in [-0.1, -0.05) is 0 Å². The molecule has 0 atom stereocenters. The summed E-state index contributed by atoms with van der Waals surface area (Å²) in [5.41, 5.74) is 2.44. The van der Waals surface area contributed by atoms with Crippen LogP contribution >= 0.6 is 0 Å². The maximum Gasteiger partial charge on any atom is 0.145 e. The van der Waals surface area contributed by atoms with Crippen molar-refractivity contribution < 1.29 is 4.39 Å². The van der Waals surface area contributed by atoms with Crippen LogP contribution < -0.4 is 0 Å².